The van der Waals surface area contributed by atoms with E-state index in [1.807, 2.05) is 0 Å². The largest absolute Gasteiger partial charge is 0.480 e. The number of rotatable bonds is 3. The molecule has 1 N–H and O–H groups in total. The second kappa shape index (κ2) is 5.08. The molecule has 6 nitrogen and oxygen atoms in total. The Morgan fingerprint density at radius 3 is 2.74 bits per heavy atom. The van der Waals surface area contributed by atoms with Crippen LogP contribution >= 0.6 is 15.9 Å². The van der Waals surface area contributed by atoms with Crippen LogP contribution in [0.15, 0.2) is 16.6 Å². The van der Waals surface area contributed by atoms with Gasteiger partial charge in [0.2, 0.25) is 6.79 Å². The number of carboxylic acid groups (broad SMARTS) is 1. The van der Waals surface area contributed by atoms with E-state index in [0.717, 1.165) is 4.90 Å². The van der Waals surface area contributed by atoms with Crippen LogP contribution in [0, 0.1) is 0 Å². The molecule has 7 heteroatoms. The fourth-order valence-corrected chi connectivity index (χ4v) is 2.19. The van der Waals surface area contributed by atoms with E-state index in [0.29, 0.717) is 21.5 Å². The van der Waals surface area contributed by atoms with Gasteiger partial charge in [0.25, 0.3) is 5.91 Å². The fourth-order valence-electron chi connectivity index (χ4n) is 1.64. The van der Waals surface area contributed by atoms with Gasteiger partial charge in [0.1, 0.15) is 6.04 Å². The van der Waals surface area contributed by atoms with Gasteiger partial charge in [-0.1, -0.05) is 0 Å². The molecule has 102 valence electrons. The minimum atomic E-state index is -1.06. The molecule has 0 spiro atoms. The van der Waals surface area contributed by atoms with E-state index in [9.17, 15) is 9.59 Å². The molecule has 0 fully saturated rings. The summed E-state index contributed by atoms with van der Waals surface area (Å²) < 4.78 is 11.0. The van der Waals surface area contributed by atoms with Gasteiger partial charge in [0, 0.05) is 12.6 Å². The number of hydrogen-bond acceptors (Lipinski definition) is 4. The lowest BCUT2D eigenvalue weighted by Crippen LogP contribution is -2.40. The van der Waals surface area contributed by atoms with Crippen molar-refractivity contribution in [1.29, 1.82) is 0 Å². The van der Waals surface area contributed by atoms with Gasteiger partial charge in [-0.15, -0.1) is 0 Å². The van der Waals surface area contributed by atoms with Crippen LogP contribution in [-0.4, -0.2) is 41.8 Å². The number of amides is 1. The smallest absolute Gasteiger partial charge is 0.326 e. The summed E-state index contributed by atoms with van der Waals surface area (Å²) in [6.07, 6.45) is 0. The summed E-state index contributed by atoms with van der Waals surface area (Å²) >= 11 is 3.29. The maximum Gasteiger partial charge on any atom is 0.326 e. The van der Waals surface area contributed by atoms with E-state index >= 15 is 0 Å². The molecular weight excluding hydrogens is 318 g/mol. The zero-order chi connectivity index (χ0) is 14.2. The third-order valence-electron chi connectivity index (χ3n) is 2.93. The second-order valence-electron chi connectivity index (χ2n) is 4.12. The van der Waals surface area contributed by atoms with E-state index in [-0.39, 0.29) is 6.79 Å². The zero-order valence-corrected chi connectivity index (χ0v) is 11.9. The number of aliphatic carboxylic acids is 1. The average Bonchev–Trinajstić information content (AvgIpc) is 2.84. The molecule has 0 aromatic heterocycles. The summed E-state index contributed by atoms with van der Waals surface area (Å²) in [5.74, 6) is -0.441. The van der Waals surface area contributed by atoms with Crippen molar-refractivity contribution in [2.45, 2.75) is 13.0 Å². The number of likely N-dealkylation sites (N-methyl/N-ethyl adjacent to an activating group) is 1. The van der Waals surface area contributed by atoms with Crippen LogP contribution in [0.4, 0.5) is 0 Å². The molecule has 0 aliphatic carbocycles. The maximum absolute atomic E-state index is 12.2. The lowest BCUT2D eigenvalue weighted by Gasteiger charge is -2.21. The third kappa shape index (κ3) is 2.51. The van der Waals surface area contributed by atoms with E-state index in [4.69, 9.17) is 14.6 Å². The average molecular weight is 330 g/mol. The van der Waals surface area contributed by atoms with Gasteiger partial charge in [0.15, 0.2) is 11.5 Å². The molecule has 2 rings (SSSR count). The number of benzene rings is 1. The van der Waals surface area contributed by atoms with Gasteiger partial charge in [-0.25, -0.2) is 4.79 Å². The Kier molecular flexibility index (Phi) is 3.66. The molecule has 19 heavy (non-hydrogen) atoms. The highest BCUT2D eigenvalue weighted by Gasteiger charge is 2.26. The van der Waals surface area contributed by atoms with Gasteiger partial charge in [0.05, 0.1) is 4.47 Å². The normalized spacial score (nSPS) is 14.1. The molecule has 1 aliphatic heterocycles. The van der Waals surface area contributed by atoms with Crippen molar-refractivity contribution in [2.75, 3.05) is 13.8 Å². The molecule has 0 radical (unpaired) electrons. The van der Waals surface area contributed by atoms with Crippen molar-refractivity contribution in [3.63, 3.8) is 0 Å². The van der Waals surface area contributed by atoms with Crippen molar-refractivity contribution in [1.82, 2.24) is 4.90 Å². The Hall–Kier alpha value is -1.76. The number of carbonyl (C=O) groups excluding carboxylic acids is 1. The van der Waals surface area contributed by atoms with Crippen LogP contribution in [0.5, 0.6) is 11.5 Å². The second-order valence-corrected chi connectivity index (χ2v) is 4.98. The van der Waals surface area contributed by atoms with Crippen molar-refractivity contribution in [2.24, 2.45) is 0 Å². The highest BCUT2D eigenvalue weighted by atomic mass is 79.9. The van der Waals surface area contributed by atoms with Crippen LogP contribution in [0.1, 0.15) is 17.3 Å². The first-order valence-corrected chi connectivity index (χ1v) is 6.30. The first-order chi connectivity index (χ1) is 8.91. The third-order valence-corrected chi connectivity index (χ3v) is 3.52. The summed E-state index contributed by atoms with van der Waals surface area (Å²) in [6, 6.07) is 2.22. The van der Waals surface area contributed by atoms with Crippen LogP contribution in [0.2, 0.25) is 0 Å². The summed E-state index contributed by atoms with van der Waals surface area (Å²) in [5, 5.41) is 8.91. The Morgan fingerprint density at radius 2 is 2.11 bits per heavy atom. The fraction of sp³-hybridized carbons (Fsp3) is 0.333. The van der Waals surface area contributed by atoms with E-state index in [2.05, 4.69) is 15.9 Å². The number of halogens is 1. The summed E-state index contributed by atoms with van der Waals surface area (Å²) in [4.78, 5) is 24.2. The number of nitrogens with zero attached hydrogens (tertiary/aromatic N) is 1. The molecule has 0 bridgehead atoms. The lowest BCUT2D eigenvalue weighted by atomic mass is 10.1. The number of carbonyl (C=O) groups is 2. The summed E-state index contributed by atoms with van der Waals surface area (Å²) in [6.45, 7) is 1.55. The molecule has 1 unspecified atom stereocenters. The molecule has 1 amide bonds. The SMILES string of the molecule is CC(C(=O)O)N(C)C(=O)c1cc(Br)c2c(c1)OCO2. The van der Waals surface area contributed by atoms with Gasteiger partial charge < -0.3 is 19.5 Å². The van der Waals surface area contributed by atoms with Crippen molar-refractivity contribution >= 4 is 27.8 Å². The number of fused-ring (bicyclic) bond motifs is 1. The minimum absolute atomic E-state index is 0.104. The molecule has 0 saturated heterocycles. The van der Waals surface area contributed by atoms with E-state index in [1.165, 1.54) is 14.0 Å². The van der Waals surface area contributed by atoms with Crippen LogP contribution in [0.3, 0.4) is 0 Å². The molecule has 1 aromatic rings. The topological polar surface area (TPSA) is 76.1 Å². The first-order valence-electron chi connectivity index (χ1n) is 5.51. The Balaban J connectivity index is 2.30. The highest BCUT2D eigenvalue weighted by molar-refractivity contribution is 9.10. The molecule has 1 aromatic carbocycles. The van der Waals surface area contributed by atoms with Crippen LogP contribution < -0.4 is 9.47 Å². The number of hydrogen-bond donors (Lipinski definition) is 1. The van der Waals surface area contributed by atoms with E-state index < -0.39 is 17.9 Å². The molecular formula is C12H12BrNO5. The van der Waals surface area contributed by atoms with Crippen LogP contribution in [0.25, 0.3) is 0 Å². The summed E-state index contributed by atoms with van der Waals surface area (Å²) in [5.41, 5.74) is 0.340. The van der Waals surface area contributed by atoms with Crippen molar-refractivity contribution in [3.05, 3.63) is 22.2 Å². The van der Waals surface area contributed by atoms with Gasteiger partial charge in [-0.2, -0.15) is 0 Å². The Bertz CT molecular complexity index is 545. The maximum atomic E-state index is 12.2. The van der Waals surface area contributed by atoms with Crippen molar-refractivity contribution < 1.29 is 24.2 Å². The highest BCUT2D eigenvalue weighted by Crippen LogP contribution is 2.40. The number of ether oxygens (including phenoxy) is 2. The lowest BCUT2D eigenvalue weighted by molar-refractivity contribution is -0.141. The summed E-state index contributed by atoms with van der Waals surface area (Å²) in [7, 11) is 1.44. The molecule has 0 saturated carbocycles. The monoisotopic (exact) mass is 329 g/mol. The van der Waals surface area contributed by atoms with Crippen molar-refractivity contribution in [3.8, 4) is 11.5 Å². The molecule has 1 atom stereocenters. The Morgan fingerprint density at radius 1 is 1.42 bits per heavy atom. The zero-order valence-electron chi connectivity index (χ0n) is 10.3. The van der Waals surface area contributed by atoms with Gasteiger partial charge in [-0.05, 0) is 35.0 Å². The molecule has 1 aliphatic rings. The number of carboxylic acids is 1. The predicted octanol–water partition coefficient (Wildman–Crippen LogP) is 1.72. The predicted molar refractivity (Wildman–Crippen MR) is 69.5 cm³/mol. The standard InChI is InChI=1S/C12H12BrNO5/c1-6(12(16)17)14(2)11(15)7-3-8(13)10-9(4-7)18-5-19-10/h3-4,6H,5H2,1-2H3,(H,16,17). The first kappa shape index (κ1) is 13.7. The molecule has 1 heterocycles. The van der Waals surface area contributed by atoms with E-state index in [1.54, 1.807) is 12.1 Å². The van der Waals surface area contributed by atoms with Gasteiger partial charge >= 0.3 is 5.97 Å². The van der Waals surface area contributed by atoms with Gasteiger partial charge in [-0.3, -0.25) is 4.79 Å². The Labute approximate surface area is 118 Å². The minimum Gasteiger partial charge on any atom is -0.480 e. The quantitative estimate of drug-likeness (QED) is 0.913. The van der Waals surface area contributed by atoms with Crippen LogP contribution in [-0.2, 0) is 4.79 Å².